The van der Waals surface area contributed by atoms with E-state index in [1.807, 2.05) is 4.98 Å². The third kappa shape index (κ3) is 6.19. The summed E-state index contributed by atoms with van der Waals surface area (Å²) < 4.78 is 26.2. The van der Waals surface area contributed by atoms with Gasteiger partial charge in [-0.2, -0.15) is 0 Å². The number of carbonyl (C=O) groups excluding carboxylic acids is 1. The quantitative estimate of drug-likeness (QED) is 0.121. The molecule has 0 spiro atoms. The van der Waals surface area contributed by atoms with Crippen LogP contribution in [0, 0.1) is 0 Å². The molecule has 0 saturated carbocycles. The highest BCUT2D eigenvalue weighted by Crippen LogP contribution is 2.40. The van der Waals surface area contributed by atoms with Crippen LogP contribution in [0.2, 0.25) is 0 Å². The van der Waals surface area contributed by atoms with Crippen LogP contribution in [-0.2, 0) is 14.3 Å². The van der Waals surface area contributed by atoms with Gasteiger partial charge in [0.25, 0.3) is 5.56 Å². The molecule has 1 unspecified atom stereocenters. The molecule has 1 aliphatic heterocycles. The number of hydrogen-bond acceptors (Lipinski definition) is 12. The number of rotatable bonds is 10. The molecule has 3 rings (SSSR count). The van der Waals surface area contributed by atoms with E-state index >= 15 is 0 Å². The Morgan fingerprint density at radius 2 is 2.00 bits per heavy atom. The summed E-state index contributed by atoms with van der Waals surface area (Å²) in [5.41, 5.74) is 3.78. The SMILES string of the molecule is CCOC(=O)C(C)(C)N=[P+]([O-])Oc1ccccc1OC[C@@]1(N=[N+]=[N-])O[C@@H](n2ccc(=O)[nH]c2=O)[C@H](O)[C@@H]1O. The minimum atomic E-state index is -2.78. The van der Waals surface area contributed by atoms with Gasteiger partial charge in [0.1, 0.15) is 18.8 Å². The van der Waals surface area contributed by atoms with Crippen LogP contribution in [0.25, 0.3) is 10.4 Å². The smallest absolute Gasteiger partial charge is 0.395 e. The van der Waals surface area contributed by atoms with Crippen molar-refractivity contribution < 1.29 is 38.6 Å². The van der Waals surface area contributed by atoms with Crippen molar-refractivity contribution in [2.24, 2.45) is 9.86 Å². The molecular weight excluding hydrogens is 527 g/mol. The van der Waals surface area contributed by atoms with Crippen molar-refractivity contribution in [1.29, 1.82) is 0 Å². The standard InChI is InChI=1S/C21H25N6O10P/c1-4-34-18(31)20(2,3)25-38(33)37-13-8-6-5-7-12(13)35-11-21(24-26-22)16(30)15(29)17(36-21)27-10-9-14(28)23-19(27)32/h5-10,15-17,29-30H,4,11H2,1-3H3,(H,23,28,32)/t15-,16+,17-,21-/m1/s1. The average Bonchev–Trinajstić information content (AvgIpc) is 3.09. The van der Waals surface area contributed by atoms with Gasteiger partial charge in [-0.15, -0.1) is 0 Å². The number of esters is 1. The second-order valence-corrected chi connectivity index (χ2v) is 9.30. The molecule has 2 heterocycles. The summed E-state index contributed by atoms with van der Waals surface area (Å²) in [6, 6.07) is 6.86. The number of aromatic nitrogens is 2. The Bertz CT molecular complexity index is 1370. The second kappa shape index (κ2) is 11.7. The van der Waals surface area contributed by atoms with Gasteiger partial charge in [0.2, 0.25) is 11.5 Å². The fourth-order valence-corrected chi connectivity index (χ4v) is 4.26. The predicted octanol–water partition coefficient (Wildman–Crippen LogP) is 0.449. The van der Waals surface area contributed by atoms with Crippen LogP contribution in [0.5, 0.6) is 11.5 Å². The molecular formula is C21H25N6O10P. The molecule has 204 valence electrons. The maximum atomic E-state index is 12.5. The van der Waals surface area contributed by atoms with Crippen LogP contribution in [-0.4, -0.2) is 62.4 Å². The molecule has 1 aromatic heterocycles. The number of para-hydroxylation sites is 2. The lowest BCUT2D eigenvalue weighted by molar-refractivity contribution is -0.170. The number of nitrogens with zero attached hydrogens (tertiary/aromatic N) is 5. The van der Waals surface area contributed by atoms with Crippen LogP contribution in [0.3, 0.4) is 0 Å². The Labute approximate surface area is 215 Å². The van der Waals surface area contributed by atoms with Gasteiger partial charge in [0.15, 0.2) is 17.5 Å². The summed E-state index contributed by atoms with van der Waals surface area (Å²) in [7, 11) is -2.78. The van der Waals surface area contributed by atoms with E-state index in [1.165, 1.54) is 32.0 Å². The highest BCUT2D eigenvalue weighted by molar-refractivity contribution is 7.34. The first kappa shape index (κ1) is 28.8. The van der Waals surface area contributed by atoms with Crippen molar-refractivity contribution >= 4 is 14.1 Å². The largest absolute Gasteiger partial charge is 0.575 e. The van der Waals surface area contributed by atoms with Gasteiger partial charge in [0.05, 0.1) is 6.61 Å². The molecule has 0 bridgehead atoms. The topological polar surface area (TPSA) is 233 Å². The number of carbonyl (C=O) groups is 1. The van der Waals surface area contributed by atoms with Crippen molar-refractivity contribution in [1.82, 2.24) is 9.55 Å². The van der Waals surface area contributed by atoms with Gasteiger partial charge in [-0.25, -0.2) is 9.59 Å². The third-order valence-electron chi connectivity index (χ3n) is 5.31. The zero-order valence-electron chi connectivity index (χ0n) is 20.5. The van der Waals surface area contributed by atoms with Crippen molar-refractivity contribution in [3.8, 4) is 11.5 Å². The number of ether oxygens (including phenoxy) is 3. The molecule has 2 aromatic rings. The lowest BCUT2D eigenvalue weighted by atomic mass is 10.1. The number of hydrogen-bond donors (Lipinski definition) is 3. The summed E-state index contributed by atoms with van der Waals surface area (Å²) in [6.07, 6.45) is -4.14. The van der Waals surface area contributed by atoms with E-state index in [0.717, 1.165) is 16.8 Å². The number of aromatic amines is 1. The minimum absolute atomic E-state index is 0.0394. The number of nitrogens with one attached hydrogen (secondary N) is 1. The highest BCUT2D eigenvalue weighted by Gasteiger charge is 2.56. The Morgan fingerprint density at radius 1 is 1.32 bits per heavy atom. The van der Waals surface area contributed by atoms with Crippen LogP contribution >= 0.6 is 8.17 Å². The zero-order valence-corrected chi connectivity index (χ0v) is 21.3. The molecule has 16 nitrogen and oxygen atoms in total. The molecule has 0 amide bonds. The van der Waals surface area contributed by atoms with Gasteiger partial charge >= 0.3 is 19.8 Å². The monoisotopic (exact) mass is 552 g/mol. The Morgan fingerprint density at radius 3 is 2.63 bits per heavy atom. The summed E-state index contributed by atoms with van der Waals surface area (Å²) in [6.45, 7) is 3.85. The molecule has 1 saturated heterocycles. The maximum Gasteiger partial charge on any atom is 0.395 e. The number of aliphatic hydroxyl groups excluding tert-OH is 2. The first-order valence-electron chi connectivity index (χ1n) is 11.1. The lowest BCUT2D eigenvalue weighted by Gasteiger charge is -2.26. The number of benzene rings is 1. The molecule has 0 radical (unpaired) electrons. The maximum absolute atomic E-state index is 12.5. The molecule has 1 fully saturated rings. The number of azide groups is 1. The molecule has 1 aromatic carbocycles. The zero-order chi connectivity index (χ0) is 28.1. The lowest BCUT2D eigenvalue weighted by Crippen LogP contribution is -2.46. The Kier molecular flexibility index (Phi) is 8.89. The molecule has 38 heavy (non-hydrogen) atoms. The van der Waals surface area contributed by atoms with Gasteiger partial charge in [-0.05, 0) is 38.4 Å². The molecule has 5 atom stereocenters. The fourth-order valence-electron chi connectivity index (χ4n) is 3.41. The second-order valence-electron chi connectivity index (χ2n) is 8.44. The number of aliphatic hydroxyl groups is 2. The van der Waals surface area contributed by atoms with E-state index in [9.17, 15) is 29.5 Å². The van der Waals surface area contributed by atoms with E-state index in [-0.39, 0.29) is 18.1 Å². The normalized spacial score (nSPS) is 23.4. The third-order valence-corrected chi connectivity index (χ3v) is 6.32. The summed E-state index contributed by atoms with van der Waals surface area (Å²) >= 11 is 0. The van der Waals surface area contributed by atoms with Crippen LogP contribution in [0.1, 0.15) is 27.0 Å². The van der Waals surface area contributed by atoms with Gasteiger partial charge in [0, 0.05) is 17.2 Å². The van der Waals surface area contributed by atoms with E-state index in [0.29, 0.717) is 0 Å². The molecule has 0 aliphatic carbocycles. The first-order chi connectivity index (χ1) is 17.9. The van der Waals surface area contributed by atoms with Gasteiger partial charge in [-0.1, -0.05) is 22.0 Å². The van der Waals surface area contributed by atoms with Gasteiger partial charge in [-0.3, -0.25) is 18.9 Å². The Hall–Kier alpha value is -3.78. The highest BCUT2D eigenvalue weighted by atomic mass is 31.1. The van der Waals surface area contributed by atoms with Crippen LogP contribution in [0.4, 0.5) is 0 Å². The van der Waals surface area contributed by atoms with Crippen LogP contribution in [0.15, 0.2) is 56.0 Å². The van der Waals surface area contributed by atoms with Crippen LogP contribution < -0.4 is 25.4 Å². The molecule has 17 heteroatoms. The van der Waals surface area contributed by atoms with E-state index in [4.69, 9.17) is 24.3 Å². The van der Waals surface area contributed by atoms with E-state index < -0.39 is 61.7 Å². The van der Waals surface area contributed by atoms with Gasteiger partial charge < -0.3 is 29.3 Å². The van der Waals surface area contributed by atoms with Crippen molar-refractivity contribution in [3.63, 3.8) is 0 Å². The number of H-pyrrole nitrogens is 1. The Balaban J connectivity index is 1.84. The van der Waals surface area contributed by atoms with E-state index in [1.54, 1.807) is 13.0 Å². The molecule has 3 N–H and O–H groups in total. The summed E-state index contributed by atoms with van der Waals surface area (Å²) in [5.74, 6) is -0.813. The van der Waals surface area contributed by atoms with Crippen molar-refractivity contribution in [2.45, 2.75) is 50.5 Å². The summed E-state index contributed by atoms with van der Waals surface area (Å²) in [5, 5.41) is 24.7. The van der Waals surface area contributed by atoms with Crippen molar-refractivity contribution in [3.05, 3.63) is 67.8 Å². The first-order valence-corrected chi connectivity index (χ1v) is 12.3. The van der Waals surface area contributed by atoms with Crippen molar-refractivity contribution in [2.75, 3.05) is 13.2 Å². The predicted molar refractivity (Wildman–Crippen MR) is 128 cm³/mol. The fraction of sp³-hybridized carbons (Fsp3) is 0.476. The molecule has 1 aliphatic rings. The summed E-state index contributed by atoms with van der Waals surface area (Å²) in [4.78, 5) is 52.8. The minimum Gasteiger partial charge on any atom is -0.575 e. The van der Waals surface area contributed by atoms with E-state index in [2.05, 4.69) is 14.8 Å². The average molecular weight is 552 g/mol.